The second-order valence-corrected chi connectivity index (χ2v) is 8.94. The molecule has 134 valence electrons. The molecule has 1 fully saturated rings. The van der Waals surface area contributed by atoms with E-state index in [1.165, 1.54) is 33.8 Å². The predicted octanol–water partition coefficient (Wildman–Crippen LogP) is 2.05. The van der Waals surface area contributed by atoms with Gasteiger partial charge in [-0.25, -0.2) is 17.8 Å². The lowest BCUT2D eigenvalue weighted by molar-refractivity contribution is 0.0702. The number of carbonyl (C=O) groups is 1. The molecule has 2 aromatic rings. The highest BCUT2D eigenvalue weighted by molar-refractivity contribution is 7.89. The molecule has 0 N–H and O–H groups in total. The molecule has 0 radical (unpaired) electrons. The number of halogens is 1. The summed E-state index contributed by atoms with van der Waals surface area (Å²) in [7, 11) is -3.76. The van der Waals surface area contributed by atoms with Gasteiger partial charge in [0, 0.05) is 26.2 Å². The Balaban J connectivity index is 1.71. The van der Waals surface area contributed by atoms with E-state index in [0.717, 1.165) is 11.1 Å². The molecule has 1 amide bonds. The standard InChI is InChI=1S/C16H18FN3O3S2/c1-11-15(24-12(2)18-11)16(21)19-6-8-20(9-7-19)25(22,23)14-5-3-4-13(17)10-14/h3-5,10H,6-9H2,1-2H3. The molecule has 0 aliphatic carbocycles. The SMILES string of the molecule is Cc1nc(C)c(C(=O)N2CCN(S(=O)(=O)c3cccc(F)c3)CC2)s1. The van der Waals surface area contributed by atoms with Crippen molar-refractivity contribution in [3.63, 3.8) is 0 Å². The number of hydrogen-bond donors (Lipinski definition) is 0. The van der Waals surface area contributed by atoms with Crippen molar-refractivity contribution in [3.05, 3.63) is 45.7 Å². The van der Waals surface area contributed by atoms with Crippen molar-refractivity contribution < 1.29 is 17.6 Å². The van der Waals surface area contributed by atoms with E-state index in [1.807, 2.05) is 6.92 Å². The van der Waals surface area contributed by atoms with Crippen LogP contribution in [0.25, 0.3) is 0 Å². The number of carbonyl (C=O) groups excluding carboxylic acids is 1. The number of benzene rings is 1. The third kappa shape index (κ3) is 3.58. The van der Waals surface area contributed by atoms with Crippen molar-refractivity contribution in [3.8, 4) is 0 Å². The van der Waals surface area contributed by atoms with E-state index in [0.29, 0.717) is 23.7 Å². The smallest absolute Gasteiger partial charge is 0.265 e. The van der Waals surface area contributed by atoms with Crippen molar-refractivity contribution >= 4 is 27.3 Å². The molecule has 0 atom stereocenters. The Morgan fingerprint density at radius 2 is 1.88 bits per heavy atom. The maximum Gasteiger partial charge on any atom is 0.265 e. The van der Waals surface area contributed by atoms with Crippen LogP contribution in [0.4, 0.5) is 4.39 Å². The quantitative estimate of drug-likeness (QED) is 0.813. The molecule has 3 rings (SSSR count). The summed E-state index contributed by atoms with van der Waals surface area (Å²) in [4.78, 5) is 19.0. The summed E-state index contributed by atoms with van der Waals surface area (Å²) in [6.07, 6.45) is 0. The molecule has 6 nitrogen and oxygen atoms in total. The molecule has 1 aliphatic rings. The third-order valence-electron chi connectivity index (χ3n) is 4.06. The van der Waals surface area contributed by atoms with Crippen LogP contribution in [0.3, 0.4) is 0 Å². The lowest BCUT2D eigenvalue weighted by Crippen LogP contribution is -2.50. The number of aromatic nitrogens is 1. The summed E-state index contributed by atoms with van der Waals surface area (Å²) < 4.78 is 39.8. The molecule has 0 saturated carbocycles. The second-order valence-electron chi connectivity index (χ2n) is 5.80. The highest BCUT2D eigenvalue weighted by Gasteiger charge is 2.31. The zero-order valence-corrected chi connectivity index (χ0v) is 15.5. The zero-order chi connectivity index (χ0) is 18.2. The van der Waals surface area contributed by atoms with Crippen LogP contribution in [-0.4, -0.2) is 54.7 Å². The van der Waals surface area contributed by atoms with Gasteiger partial charge in [0.15, 0.2) is 0 Å². The van der Waals surface area contributed by atoms with Gasteiger partial charge in [0.05, 0.1) is 15.6 Å². The van der Waals surface area contributed by atoms with Gasteiger partial charge in [0.2, 0.25) is 10.0 Å². The summed E-state index contributed by atoms with van der Waals surface area (Å²) in [5, 5.41) is 0.827. The third-order valence-corrected chi connectivity index (χ3v) is 7.01. The minimum Gasteiger partial charge on any atom is -0.335 e. The Kier molecular flexibility index (Phi) is 4.90. The van der Waals surface area contributed by atoms with Gasteiger partial charge in [-0.2, -0.15) is 4.31 Å². The Hall–Kier alpha value is -1.84. The minimum absolute atomic E-state index is 0.0683. The fourth-order valence-electron chi connectivity index (χ4n) is 2.78. The van der Waals surface area contributed by atoms with Gasteiger partial charge in [-0.1, -0.05) is 6.07 Å². The largest absolute Gasteiger partial charge is 0.335 e. The maximum atomic E-state index is 13.3. The van der Waals surface area contributed by atoms with Crippen molar-refractivity contribution in [1.82, 2.24) is 14.2 Å². The molecule has 1 aromatic carbocycles. The van der Waals surface area contributed by atoms with E-state index >= 15 is 0 Å². The van der Waals surface area contributed by atoms with E-state index in [9.17, 15) is 17.6 Å². The van der Waals surface area contributed by atoms with Crippen molar-refractivity contribution in [2.24, 2.45) is 0 Å². The van der Waals surface area contributed by atoms with Crippen LogP contribution in [0.1, 0.15) is 20.4 Å². The number of aryl methyl sites for hydroxylation is 2. The average Bonchev–Trinajstić information content (AvgIpc) is 2.92. The molecule has 1 aliphatic heterocycles. The molecule has 2 heterocycles. The number of sulfonamides is 1. The molecule has 25 heavy (non-hydrogen) atoms. The Morgan fingerprint density at radius 3 is 2.44 bits per heavy atom. The molecule has 0 bridgehead atoms. The van der Waals surface area contributed by atoms with E-state index in [4.69, 9.17) is 0 Å². The number of hydrogen-bond acceptors (Lipinski definition) is 5. The van der Waals surface area contributed by atoms with Crippen molar-refractivity contribution in [1.29, 1.82) is 0 Å². The first kappa shape index (κ1) is 18.0. The van der Waals surface area contributed by atoms with Crippen LogP contribution in [0, 0.1) is 19.7 Å². The maximum absolute atomic E-state index is 13.3. The van der Waals surface area contributed by atoms with Crippen LogP contribution in [0.15, 0.2) is 29.2 Å². The summed E-state index contributed by atoms with van der Waals surface area (Å²) >= 11 is 1.35. The van der Waals surface area contributed by atoms with Crippen LogP contribution < -0.4 is 0 Å². The molecule has 1 saturated heterocycles. The van der Waals surface area contributed by atoms with Crippen molar-refractivity contribution in [2.75, 3.05) is 26.2 Å². The zero-order valence-electron chi connectivity index (χ0n) is 13.9. The molecular weight excluding hydrogens is 365 g/mol. The number of nitrogens with zero attached hydrogens (tertiary/aromatic N) is 3. The van der Waals surface area contributed by atoms with Gasteiger partial charge in [-0.15, -0.1) is 11.3 Å². The Labute approximate surface area is 150 Å². The highest BCUT2D eigenvalue weighted by atomic mass is 32.2. The van der Waals surface area contributed by atoms with E-state index < -0.39 is 15.8 Å². The lowest BCUT2D eigenvalue weighted by atomic mass is 10.3. The number of rotatable bonds is 3. The summed E-state index contributed by atoms with van der Waals surface area (Å²) in [6, 6.07) is 4.96. The fourth-order valence-corrected chi connectivity index (χ4v) is 5.12. The summed E-state index contributed by atoms with van der Waals surface area (Å²) in [5.74, 6) is -0.711. The van der Waals surface area contributed by atoms with E-state index in [-0.39, 0.29) is 23.9 Å². The molecule has 0 unspecified atom stereocenters. The van der Waals surface area contributed by atoms with Crippen LogP contribution in [0.5, 0.6) is 0 Å². The topological polar surface area (TPSA) is 70.6 Å². The second kappa shape index (κ2) is 6.81. The van der Waals surface area contributed by atoms with Gasteiger partial charge >= 0.3 is 0 Å². The van der Waals surface area contributed by atoms with Crippen LogP contribution in [-0.2, 0) is 10.0 Å². The summed E-state index contributed by atoms with van der Waals surface area (Å²) in [5.41, 5.74) is 0.697. The first-order valence-corrected chi connectivity index (χ1v) is 10.0. The summed E-state index contributed by atoms with van der Waals surface area (Å²) in [6.45, 7) is 4.59. The van der Waals surface area contributed by atoms with E-state index in [1.54, 1.807) is 11.8 Å². The van der Waals surface area contributed by atoms with Gasteiger partial charge < -0.3 is 4.90 Å². The first-order valence-electron chi connectivity index (χ1n) is 7.78. The average molecular weight is 383 g/mol. The molecule has 1 aromatic heterocycles. The molecule has 9 heteroatoms. The Bertz CT molecular complexity index is 903. The predicted molar refractivity (Wildman–Crippen MR) is 92.7 cm³/mol. The monoisotopic (exact) mass is 383 g/mol. The molecule has 0 spiro atoms. The molecular formula is C16H18FN3O3S2. The van der Waals surface area contributed by atoms with Gasteiger partial charge in [0.25, 0.3) is 5.91 Å². The van der Waals surface area contributed by atoms with Crippen molar-refractivity contribution in [2.45, 2.75) is 18.7 Å². The van der Waals surface area contributed by atoms with E-state index in [2.05, 4.69) is 4.98 Å². The minimum atomic E-state index is -3.76. The fraction of sp³-hybridized carbons (Fsp3) is 0.375. The highest BCUT2D eigenvalue weighted by Crippen LogP contribution is 2.22. The van der Waals surface area contributed by atoms with Crippen LogP contribution >= 0.6 is 11.3 Å². The normalized spacial score (nSPS) is 16.2. The number of amides is 1. The lowest BCUT2D eigenvalue weighted by Gasteiger charge is -2.33. The number of piperazine rings is 1. The van der Waals surface area contributed by atoms with Gasteiger partial charge in [-0.05, 0) is 32.0 Å². The number of thiazole rings is 1. The van der Waals surface area contributed by atoms with Gasteiger partial charge in [-0.3, -0.25) is 4.79 Å². The van der Waals surface area contributed by atoms with Crippen LogP contribution in [0.2, 0.25) is 0 Å². The Morgan fingerprint density at radius 1 is 1.20 bits per heavy atom. The van der Waals surface area contributed by atoms with Gasteiger partial charge in [0.1, 0.15) is 10.7 Å². The first-order chi connectivity index (χ1) is 11.8.